The summed E-state index contributed by atoms with van der Waals surface area (Å²) >= 11 is 0. The highest BCUT2D eigenvalue weighted by Crippen LogP contribution is 2.38. The lowest BCUT2D eigenvalue weighted by Crippen LogP contribution is -2.58. The summed E-state index contributed by atoms with van der Waals surface area (Å²) in [5.74, 6) is -2.82. The second kappa shape index (κ2) is 13.2. The van der Waals surface area contributed by atoms with Crippen LogP contribution in [0.4, 0.5) is 16.2 Å². The highest BCUT2D eigenvalue weighted by atomic mass is 16.5. The topological polar surface area (TPSA) is 174 Å². The van der Waals surface area contributed by atoms with Gasteiger partial charge in [0.1, 0.15) is 5.75 Å². The molecule has 1 heterocycles. The van der Waals surface area contributed by atoms with Crippen LogP contribution in [0.1, 0.15) is 20.7 Å². The third-order valence-corrected chi connectivity index (χ3v) is 6.25. The Morgan fingerprint density at radius 2 is 1.44 bits per heavy atom. The van der Waals surface area contributed by atoms with Gasteiger partial charge >= 0.3 is 6.03 Å². The molecule has 6 amide bonds. The van der Waals surface area contributed by atoms with E-state index in [4.69, 9.17) is 18.9 Å². The minimum Gasteiger partial charge on any atom is -0.497 e. The number of methoxy groups -OCH3 is 4. The fraction of sp³-hybridized carbons (Fsp3) is 0.172. The lowest BCUT2D eigenvalue weighted by molar-refractivity contribution is -0.131. The summed E-state index contributed by atoms with van der Waals surface area (Å²) < 4.78 is 20.9. The molecule has 222 valence electrons. The minimum absolute atomic E-state index is 0.178. The average molecular weight is 590 g/mol. The standard InChI is InChI=1S/C29H27N5O9/c1-40-20-11-9-19(10-12-20)34-28(38)21(27(37)32-29(34)39)15-30-33-26(36)16-5-7-18(8-6-16)31-25(35)17-13-22(41-2)24(43-4)23(14-17)42-3/h5-15,21H,1-4H3,(H,31,35)(H,33,36)(H,32,37,39)/b30-15-/t21-/m1/s1. The van der Waals surface area contributed by atoms with Crippen molar-refractivity contribution < 1.29 is 42.9 Å². The van der Waals surface area contributed by atoms with E-state index in [1.54, 1.807) is 12.1 Å². The Bertz CT molecular complexity index is 1560. The van der Waals surface area contributed by atoms with Crippen LogP contribution in [0.2, 0.25) is 0 Å². The molecule has 0 unspecified atom stereocenters. The summed E-state index contributed by atoms with van der Waals surface area (Å²) in [6.07, 6.45) is 0.935. The highest BCUT2D eigenvalue weighted by molar-refractivity contribution is 6.32. The van der Waals surface area contributed by atoms with E-state index in [-0.39, 0.29) is 16.8 Å². The number of urea groups is 1. The van der Waals surface area contributed by atoms with Crippen LogP contribution >= 0.6 is 0 Å². The third kappa shape index (κ3) is 6.53. The van der Waals surface area contributed by atoms with Crippen molar-refractivity contribution in [2.24, 2.45) is 11.0 Å². The van der Waals surface area contributed by atoms with E-state index in [9.17, 15) is 24.0 Å². The maximum atomic E-state index is 12.9. The number of carbonyl (C=O) groups excluding carboxylic acids is 5. The van der Waals surface area contributed by atoms with E-state index in [2.05, 4.69) is 21.2 Å². The molecule has 3 N–H and O–H groups in total. The molecule has 14 heteroatoms. The number of benzene rings is 3. The number of hydrazone groups is 1. The molecule has 1 atom stereocenters. The van der Waals surface area contributed by atoms with Gasteiger partial charge in [0.15, 0.2) is 17.4 Å². The third-order valence-electron chi connectivity index (χ3n) is 6.25. The van der Waals surface area contributed by atoms with Gasteiger partial charge in [-0.1, -0.05) is 0 Å². The SMILES string of the molecule is COc1ccc(N2C(=O)NC(=O)[C@@H](/C=N\NC(=O)c3ccc(NC(=O)c4cc(OC)c(OC)c(OC)c4)cc3)C2=O)cc1. The minimum atomic E-state index is -1.46. The molecular formula is C29H27N5O9. The molecule has 4 rings (SSSR count). The molecular weight excluding hydrogens is 562 g/mol. The van der Waals surface area contributed by atoms with Crippen LogP contribution in [0.25, 0.3) is 0 Å². The van der Waals surface area contributed by atoms with Gasteiger partial charge in [-0.3, -0.25) is 24.5 Å². The largest absolute Gasteiger partial charge is 0.497 e. The van der Waals surface area contributed by atoms with Crippen molar-refractivity contribution >= 4 is 47.2 Å². The number of rotatable bonds is 10. The lowest BCUT2D eigenvalue weighted by atomic mass is 10.1. The Morgan fingerprint density at radius 3 is 2.00 bits per heavy atom. The lowest BCUT2D eigenvalue weighted by Gasteiger charge is -2.28. The molecule has 0 spiro atoms. The van der Waals surface area contributed by atoms with E-state index in [1.807, 2.05) is 0 Å². The van der Waals surface area contributed by atoms with E-state index in [0.29, 0.717) is 28.7 Å². The quantitative estimate of drug-likeness (QED) is 0.182. The normalized spacial score (nSPS) is 14.7. The fourth-order valence-electron chi connectivity index (χ4n) is 4.05. The maximum Gasteiger partial charge on any atom is 0.335 e. The molecule has 0 aromatic heterocycles. The summed E-state index contributed by atoms with van der Waals surface area (Å²) in [4.78, 5) is 63.8. The number of ether oxygens (including phenoxy) is 4. The summed E-state index contributed by atoms with van der Waals surface area (Å²) in [5.41, 5.74) is 3.28. The second-order valence-corrected chi connectivity index (χ2v) is 8.81. The summed E-state index contributed by atoms with van der Waals surface area (Å²) in [5, 5.41) is 8.55. The van der Waals surface area contributed by atoms with Crippen LogP contribution in [0.15, 0.2) is 65.8 Å². The van der Waals surface area contributed by atoms with Crippen molar-refractivity contribution in [2.75, 3.05) is 38.7 Å². The molecule has 0 radical (unpaired) electrons. The number of nitrogens with one attached hydrogen (secondary N) is 3. The molecule has 43 heavy (non-hydrogen) atoms. The first kappa shape index (κ1) is 30.0. The van der Waals surface area contributed by atoms with Crippen LogP contribution < -0.4 is 39.9 Å². The Hall–Kier alpha value is -5.92. The van der Waals surface area contributed by atoms with Gasteiger partial charge < -0.3 is 24.3 Å². The molecule has 1 aliphatic rings. The van der Waals surface area contributed by atoms with Gasteiger partial charge in [0.2, 0.25) is 11.7 Å². The Morgan fingerprint density at radius 1 is 0.814 bits per heavy atom. The first-order valence-electron chi connectivity index (χ1n) is 12.6. The zero-order valence-corrected chi connectivity index (χ0v) is 23.5. The maximum absolute atomic E-state index is 12.9. The molecule has 1 saturated heterocycles. The first-order valence-corrected chi connectivity index (χ1v) is 12.6. The van der Waals surface area contributed by atoms with Gasteiger partial charge in [0.25, 0.3) is 17.7 Å². The van der Waals surface area contributed by atoms with Gasteiger partial charge in [0, 0.05) is 23.0 Å². The van der Waals surface area contributed by atoms with E-state index in [1.165, 1.54) is 77.0 Å². The van der Waals surface area contributed by atoms with Crippen LogP contribution in [0.3, 0.4) is 0 Å². The number of hydrogen-bond acceptors (Lipinski definition) is 10. The summed E-state index contributed by atoms with van der Waals surface area (Å²) in [6.45, 7) is 0. The molecule has 14 nitrogen and oxygen atoms in total. The fourth-order valence-corrected chi connectivity index (χ4v) is 4.05. The van der Waals surface area contributed by atoms with Crippen molar-refractivity contribution in [2.45, 2.75) is 0 Å². The van der Waals surface area contributed by atoms with E-state index >= 15 is 0 Å². The number of imide groups is 2. The van der Waals surface area contributed by atoms with Crippen molar-refractivity contribution in [3.05, 3.63) is 71.8 Å². The molecule has 0 saturated carbocycles. The molecule has 3 aromatic carbocycles. The van der Waals surface area contributed by atoms with Crippen LogP contribution in [-0.2, 0) is 9.59 Å². The Labute approximate surface area is 245 Å². The number of amides is 6. The number of anilines is 2. The monoisotopic (exact) mass is 589 g/mol. The molecule has 0 bridgehead atoms. The zero-order chi connectivity index (χ0) is 31.1. The molecule has 1 fully saturated rings. The van der Waals surface area contributed by atoms with Gasteiger partial charge in [-0.2, -0.15) is 5.10 Å². The number of barbiturate groups is 1. The van der Waals surface area contributed by atoms with Crippen LogP contribution in [0.5, 0.6) is 23.0 Å². The zero-order valence-electron chi connectivity index (χ0n) is 23.5. The molecule has 3 aromatic rings. The van der Waals surface area contributed by atoms with Gasteiger partial charge in [-0.25, -0.2) is 15.1 Å². The second-order valence-electron chi connectivity index (χ2n) is 8.81. The first-order chi connectivity index (χ1) is 20.7. The molecule has 1 aliphatic heterocycles. The predicted molar refractivity (Wildman–Crippen MR) is 154 cm³/mol. The number of hydrogen-bond donors (Lipinski definition) is 3. The number of carbonyl (C=O) groups is 5. The van der Waals surface area contributed by atoms with Crippen molar-refractivity contribution in [3.8, 4) is 23.0 Å². The van der Waals surface area contributed by atoms with Crippen molar-refractivity contribution in [3.63, 3.8) is 0 Å². The van der Waals surface area contributed by atoms with Crippen molar-refractivity contribution in [1.82, 2.24) is 10.7 Å². The molecule has 0 aliphatic carbocycles. The van der Waals surface area contributed by atoms with Crippen LogP contribution in [0, 0.1) is 5.92 Å². The van der Waals surface area contributed by atoms with Gasteiger partial charge in [-0.05, 0) is 60.7 Å². The average Bonchev–Trinajstić information content (AvgIpc) is 3.02. The van der Waals surface area contributed by atoms with Crippen LogP contribution in [-0.4, -0.2) is 64.3 Å². The number of nitrogens with zero attached hydrogens (tertiary/aromatic N) is 2. The van der Waals surface area contributed by atoms with E-state index in [0.717, 1.165) is 11.1 Å². The van der Waals surface area contributed by atoms with Gasteiger partial charge in [0.05, 0.1) is 34.1 Å². The Balaban J connectivity index is 1.39. The summed E-state index contributed by atoms with van der Waals surface area (Å²) in [7, 11) is 5.80. The van der Waals surface area contributed by atoms with E-state index < -0.39 is 35.6 Å². The predicted octanol–water partition coefficient (Wildman–Crippen LogP) is 2.59. The highest BCUT2D eigenvalue weighted by Gasteiger charge is 2.40. The van der Waals surface area contributed by atoms with Crippen molar-refractivity contribution in [1.29, 1.82) is 0 Å². The Kier molecular flexibility index (Phi) is 9.20. The van der Waals surface area contributed by atoms with Gasteiger partial charge in [-0.15, -0.1) is 0 Å². The smallest absolute Gasteiger partial charge is 0.335 e. The summed E-state index contributed by atoms with van der Waals surface area (Å²) in [6, 6.07) is 14.1.